The molecule has 0 aromatic heterocycles. The molecule has 1 aliphatic heterocycles. The Morgan fingerprint density at radius 1 is 1.15 bits per heavy atom. The van der Waals surface area contributed by atoms with E-state index in [1.807, 2.05) is 13.8 Å². The smallest absolute Gasteiger partial charge is 0.119 e. The van der Waals surface area contributed by atoms with Gasteiger partial charge in [0.15, 0.2) is 0 Å². The van der Waals surface area contributed by atoms with Crippen molar-refractivity contribution in [2.45, 2.75) is 52.3 Å². The molecule has 1 aliphatic rings. The number of benzene rings is 1. The molecule has 1 saturated heterocycles. The van der Waals surface area contributed by atoms with E-state index in [-0.39, 0.29) is 6.10 Å². The lowest BCUT2D eigenvalue weighted by atomic mass is 9.93. The molecule has 0 amide bonds. The van der Waals surface area contributed by atoms with Gasteiger partial charge in [-0.2, -0.15) is 0 Å². The Hall–Kier alpha value is -1.06. The van der Waals surface area contributed by atoms with Crippen LogP contribution in [0.1, 0.15) is 39.2 Å². The second kappa shape index (κ2) is 7.65. The zero-order chi connectivity index (χ0) is 14.4. The summed E-state index contributed by atoms with van der Waals surface area (Å²) in [6, 6.07) is 8.93. The molecule has 2 rings (SSSR count). The van der Waals surface area contributed by atoms with Crippen molar-refractivity contribution in [3.05, 3.63) is 29.8 Å². The molecule has 0 bridgehead atoms. The van der Waals surface area contributed by atoms with Crippen LogP contribution in [-0.2, 0) is 11.3 Å². The lowest BCUT2D eigenvalue weighted by molar-refractivity contribution is 0.0558. The maximum Gasteiger partial charge on any atom is 0.119 e. The monoisotopic (exact) mass is 277 g/mol. The molecule has 1 N–H and O–H groups in total. The largest absolute Gasteiger partial charge is 0.491 e. The Morgan fingerprint density at radius 3 is 2.40 bits per heavy atom. The van der Waals surface area contributed by atoms with Crippen molar-refractivity contribution in [1.29, 1.82) is 0 Å². The second-order valence-electron chi connectivity index (χ2n) is 5.93. The van der Waals surface area contributed by atoms with E-state index in [2.05, 4.69) is 36.5 Å². The highest BCUT2D eigenvalue weighted by Crippen LogP contribution is 2.19. The van der Waals surface area contributed by atoms with Gasteiger partial charge >= 0.3 is 0 Å². The molecule has 112 valence electrons. The third-order valence-electron chi connectivity index (χ3n) is 3.90. The third-order valence-corrected chi connectivity index (χ3v) is 3.90. The average Bonchev–Trinajstić information content (AvgIpc) is 2.46. The lowest BCUT2D eigenvalue weighted by Crippen LogP contribution is -2.36. The topological polar surface area (TPSA) is 30.5 Å². The minimum absolute atomic E-state index is 0.229. The fourth-order valence-electron chi connectivity index (χ4n) is 2.62. The minimum Gasteiger partial charge on any atom is -0.491 e. The fourth-order valence-corrected chi connectivity index (χ4v) is 2.62. The van der Waals surface area contributed by atoms with Crippen LogP contribution < -0.4 is 10.1 Å². The van der Waals surface area contributed by atoms with Gasteiger partial charge in [0.2, 0.25) is 0 Å². The molecule has 3 heteroatoms. The van der Waals surface area contributed by atoms with Crippen LogP contribution in [0.5, 0.6) is 5.75 Å². The predicted molar refractivity (Wildman–Crippen MR) is 82.1 cm³/mol. The van der Waals surface area contributed by atoms with E-state index in [4.69, 9.17) is 9.47 Å². The van der Waals surface area contributed by atoms with Crippen molar-refractivity contribution in [2.75, 3.05) is 13.2 Å². The molecule has 0 radical (unpaired) electrons. The van der Waals surface area contributed by atoms with E-state index in [0.717, 1.165) is 31.4 Å². The summed E-state index contributed by atoms with van der Waals surface area (Å²) in [6.07, 6.45) is 2.58. The molecule has 1 atom stereocenters. The summed E-state index contributed by atoms with van der Waals surface area (Å²) < 4.78 is 11.1. The van der Waals surface area contributed by atoms with Crippen LogP contribution in [0.2, 0.25) is 0 Å². The Labute approximate surface area is 122 Å². The van der Waals surface area contributed by atoms with Crippen LogP contribution in [0.25, 0.3) is 0 Å². The van der Waals surface area contributed by atoms with Crippen molar-refractivity contribution in [3.8, 4) is 5.75 Å². The Morgan fingerprint density at radius 2 is 1.80 bits per heavy atom. The maximum absolute atomic E-state index is 5.66. The molecule has 1 aromatic rings. The molecule has 1 unspecified atom stereocenters. The minimum atomic E-state index is 0.229. The van der Waals surface area contributed by atoms with Crippen LogP contribution in [0.4, 0.5) is 0 Å². The first-order chi connectivity index (χ1) is 9.65. The van der Waals surface area contributed by atoms with Crippen molar-refractivity contribution >= 4 is 0 Å². The summed E-state index contributed by atoms with van der Waals surface area (Å²) in [5.74, 6) is 1.69. The Kier molecular flexibility index (Phi) is 5.86. The number of hydrogen-bond donors (Lipinski definition) is 1. The highest BCUT2D eigenvalue weighted by molar-refractivity contribution is 5.27. The van der Waals surface area contributed by atoms with Crippen molar-refractivity contribution in [2.24, 2.45) is 5.92 Å². The summed E-state index contributed by atoms with van der Waals surface area (Å²) in [6.45, 7) is 9.12. The van der Waals surface area contributed by atoms with Crippen LogP contribution in [0, 0.1) is 5.92 Å². The Balaban J connectivity index is 1.78. The molecule has 0 spiro atoms. The number of hydrogen-bond acceptors (Lipinski definition) is 3. The quantitative estimate of drug-likeness (QED) is 0.864. The lowest BCUT2D eigenvalue weighted by Gasteiger charge is -2.28. The van der Waals surface area contributed by atoms with Crippen LogP contribution in [0.15, 0.2) is 24.3 Å². The second-order valence-corrected chi connectivity index (χ2v) is 5.93. The van der Waals surface area contributed by atoms with Gasteiger partial charge in [-0.05, 0) is 57.2 Å². The molecule has 0 saturated carbocycles. The van der Waals surface area contributed by atoms with Gasteiger partial charge in [-0.3, -0.25) is 0 Å². The predicted octanol–water partition coefficient (Wildman–Crippen LogP) is 3.38. The fraction of sp³-hybridized carbons (Fsp3) is 0.647. The summed E-state index contributed by atoms with van der Waals surface area (Å²) in [5.41, 5.74) is 1.31. The highest BCUT2D eigenvalue weighted by atomic mass is 16.5. The first kappa shape index (κ1) is 15.3. The van der Waals surface area contributed by atoms with Crippen LogP contribution in [0.3, 0.4) is 0 Å². The molecule has 1 aromatic carbocycles. The van der Waals surface area contributed by atoms with Gasteiger partial charge < -0.3 is 14.8 Å². The molecule has 0 aliphatic carbocycles. The van der Waals surface area contributed by atoms with Gasteiger partial charge in [-0.25, -0.2) is 0 Å². The van der Waals surface area contributed by atoms with Gasteiger partial charge in [0.1, 0.15) is 5.75 Å². The zero-order valence-electron chi connectivity index (χ0n) is 12.9. The van der Waals surface area contributed by atoms with Crippen molar-refractivity contribution in [3.63, 3.8) is 0 Å². The summed E-state index contributed by atoms with van der Waals surface area (Å²) in [7, 11) is 0. The van der Waals surface area contributed by atoms with Gasteiger partial charge in [0, 0.05) is 25.8 Å². The van der Waals surface area contributed by atoms with E-state index in [1.165, 1.54) is 18.4 Å². The number of ether oxygens (including phenoxy) is 2. The molecule has 20 heavy (non-hydrogen) atoms. The van der Waals surface area contributed by atoms with Crippen LogP contribution >= 0.6 is 0 Å². The van der Waals surface area contributed by atoms with E-state index in [0.29, 0.717) is 6.04 Å². The first-order valence-electron chi connectivity index (χ1n) is 7.72. The van der Waals surface area contributed by atoms with Crippen molar-refractivity contribution < 1.29 is 9.47 Å². The van der Waals surface area contributed by atoms with Gasteiger partial charge in [-0.1, -0.05) is 12.1 Å². The summed E-state index contributed by atoms with van der Waals surface area (Å²) in [4.78, 5) is 0. The van der Waals surface area contributed by atoms with Crippen molar-refractivity contribution in [1.82, 2.24) is 5.32 Å². The molecule has 3 nitrogen and oxygen atoms in total. The molecule has 1 fully saturated rings. The number of rotatable bonds is 6. The third kappa shape index (κ3) is 4.80. The van der Waals surface area contributed by atoms with E-state index in [9.17, 15) is 0 Å². The number of nitrogens with one attached hydrogen (secondary N) is 1. The summed E-state index contributed by atoms with van der Waals surface area (Å²) in [5, 5.41) is 3.63. The first-order valence-corrected chi connectivity index (χ1v) is 7.72. The van der Waals surface area contributed by atoms with E-state index >= 15 is 0 Å². The van der Waals surface area contributed by atoms with Crippen LogP contribution in [-0.4, -0.2) is 25.4 Å². The molecule has 1 heterocycles. The van der Waals surface area contributed by atoms with E-state index in [1.54, 1.807) is 0 Å². The standard InChI is InChI=1S/C17H27NO2/c1-13(2)20-17-6-4-15(5-7-17)12-18-14(3)16-8-10-19-11-9-16/h4-7,13-14,16,18H,8-12H2,1-3H3. The molecular weight excluding hydrogens is 250 g/mol. The normalized spacial score (nSPS) is 18.2. The Bertz CT molecular complexity index is 382. The van der Waals surface area contributed by atoms with Gasteiger partial charge in [0.05, 0.1) is 6.10 Å². The average molecular weight is 277 g/mol. The van der Waals surface area contributed by atoms with E-state index < -0.39 is 0 Å². The highest BCUT2D eigenvalue weighted by Gasteiger charge is 2.19. The van der Waals surface area contributed by atoms with Gasteiger partial charge in [-0.15, -0.1) is 0 Å². The maximum atomic E-state index is 5.66. The SMILES string of the molecule is CC(C)Oc1ccc(CNC(C)C2CCOCC2)cc1. The zero-order valence-corrected chi connectivity index (χ0v) is 12.9. The molecular formula is C17H27NO2. The van der Waals surface area contributed by atoms with Gasteiger partial charge in [0.25, 0.3) is 0 Å². The summed E-state index contributed by atoms with van der Waals surface area (Å²) >= 11 is 0.